The van der Waals surface area contributed by atoms with Gasteiger partial charge in [0.1, 0.15) is 0 Å². The maximum absolute atomic E-state index is 5.83. The van der Waals surface area contributed by atoms with Crippen molar-refractivity contribution in [2.75, 3.05) is 20.1 Å². The van der Waals surface area contributed by atoms with E-state index in [2.05, 4.69) is 52.1 Å². The minimum absolute atomic E-state index is 0.477. The molecule has 1 aliphatic rings. The highest BCUT2D eigenvalue weighted by Gasteiger charge is 2.32. The third kappa shape index (κ3) is 2.10. The lowest BCUT2D eigenvalue weighted by molar-refractivity contribution is 0.278. The Morgan fingerprint density at radius 2 is 2.20 bits per heavy atom. The summed E-state index contributed by atoms with van der Waals surface area (Å²) in [5, 5.41) is 0. The molecule has 1 aliphatic heterocycles. The molecule has 1 aromatic carbocycles. The van der Waals surface area contributed by atoms with Crippen LogP contribution < -0.4 is 5.73 Å². The molecule has 1 aromatic rings. The van der Waals surface area contributed by atoms with E-state index in [9.17, 15) is 0 Å². The smallest absolute Gasteiger partial charge is 0.0396 e. The highest BCUT2D eigenvalue weighted by molar-refractivity contribution is 9.10. The predicted molar refractivity (Wildman–Crippen MR) is 66.7 cm³/mol. The van der Waals surface area contributed by atoms with Crippen LogP contribution in [-0.2, 0) is 0 Å². The van der Waals surface area contributed by atoms with Crippen molar-refractivity contribution in [2.45, 2.75) is 12.5 Å². The zero-order valence-corrected chi connectivity index (χ0v) is 10.6. The number of likely N-dealkylation sites (tertiary alicyclic amines) is 1. The first-order chi connectivity index (χ1) is 7.24. The van der Waals surface area contributed by atoms with Crippen LogP contribution in [-0.4, -0.2) is 25.0 Å². The Morgan fingerprint density at radius 3 is 2.87 bits per heavy atom. The van der Waals surface area contributed by atoms with E-state index in [1.807, 2.05) is 0 Å². The minimum Gasteiger partial charge on any atom is -0.330 e. The first kappa shape index (κ1) is 11.1. The van der Waals surface area contributed by atoms with E-state index in [0.717, 1.165) is 13.1 Å². The Morgan fingerprint density at radius 1 is 1.47 bits per heavy atom. The van der Waals surface area contributed by atoms with Gasteiger partial charge in [0.15, 0.2) is 0 Å². The molecule has 2 N–H and O–H groups in total. The molecule has 1 saturated heterocycles. The molecule has 0 bridgehead atoms. The molecule has 2 atom stereocenters. The second-order valence-corrected chi connectivity index (χ2v) is 5.09. The second-order valence-electron chi connectivity index (χ2n) is 4.23. The summed E-state index contributed by atoms with van der Waals surface area (Å²) in [4.78, 5) is 2.40. The van der Waals surface area contributed by atoms with Gasteiger partial charge >= 0.3 is 0 Å². The van der Waals surface area contributed by atoms with E-state index < -0.39 is 0 Å². The lowest BCUT2D eigenvalue weighted by atomic mass is 9.94. The standard InChI is InChI=1S/C12H17BrN2/c1-15-7-6-9(8-14)12(15)10-4-2-3-5-11(10)13/h2-5,9,12H,6-8,14H2,1H3. The van der Waals surface area contributed by atoms with Crippen molar-refractivity contribution in [1.82, 2.24) is 4.90 Å². The molecule has 1 fully saturated rings. The van der Waals surface area contributed by atoms with Gasteiger partial charge in [-0.1, -0.05) is 34.1 Å². The van der Waals surface area contributed by atoms with Crippen LogP contribution in [0, 0.1) is 5.92 Å². The van der Waals surface area contributed by atoms with Gasteiger partial charge in [-0.05, 0) is 44.1 Å². The molecular formula is C12H17BrN2. The fraction of sp³-hybridized carbons (Fsp3) is 0.500. The lowest BCUT2D eigenvalue weighted by Crippen LogP contribution is -2.25. The normalized spacial score (nSPS) is 27.1. The van der Waals surface area contributed by atoms with Crippen molar-refractivity contribution in [1.29, 1.82) is 0 Å². The Labute approximate surface area is 99.6 Å². The maximum Gasteiger partial charge on any atom is 0.0396 e. The molecule has 0 aromatic heterocycles. The molecule has 2 rings (SSSR count). The number of nitrogens with two attached hydrogens (primary N) is 1. The first-order valence-corrected chi connectivity index (χ1v) is 6.18. The van der Waals surface area contributed by atoms with Gasteiger partial charge in [-0.15, -0.1) is 0 Å². The van der Waals surface area contributed by atoms with E-state index in [1.54, 1.807) is 0 Å². The van der Waals surface area contributed by atoms with E-state index >= 15 is 0 Å². The average Bonchev–Trinajstić information content (AvgIpc) is 2.60. The fourth-order valence-electron chi connectivity index (χ4n) is 2.48. The van der Waals surface area contributed by atoms with Crippen molar-refractivity contribution in [3.8, 4) is 0 Å². The highest BCUT2D eigenvalue weighted by atomic mass is 79.9. The Hall–Kier alpha value is -0.380. The van der Waals surface area contributed by atoms with Gasteiger partial charge in [-0.2, -0.15) is 0 Å². The molecule has 0 radical (unpaired) electrons. The van der Waals surface area contributed by atoms with Crippen molar-refractivity contribution in [3.05, 3.63) is 34.3 Å². The van der Waals surface area contributed by atoms with E-state index in [4.69, 9.17) is 5.73 Å². The number of hydrogen-bond acceptors (Lipinski definition) is 2. The summed E-state index contributed by atoms with van der Waals surface area (Å²) in [6, 6.07) is 8.93. The molecule has 2 nitrogen and oxygen atoms in total. The Kier molecular flexibility index (Phi) is 3.44. The fourth-order valence-corrected chi connectivity index (χ4v) is 3.00. The number of halogens is 1. The van der Waals surface area contributed by atoms with Gasteiger partial charge in [-0.3, -0.25) is 4.90 Å². The van der Waals surface area contributed by atoms with Gasteiger partial charge < -0.3 is 5.73 Å². The molecule has 2 unspecified atom stereocenters. The topological polar surface area (TPSA) is 29.3 Å². The molecular weight excluding hydrogens is 252 g/mol. The largest absolute Gasteiger partial charge is 0.330 e. The zero-order chi connectivity index (χ0) is 10.8. The van der Waals surface area contributed by atoms with Crippen molar-refractivity contribution < 1.29 is 0 Å². The van der Waals surface area contributed by atoms with E-state index in [0.29, 0.717) is 12.0 Å². The summed E-state index contributed by atoms with van der Waals surface area (Å²) >= 11 is 3.62. The molecule has 82 valence electrons. The number of hydrogen-bond donors (Lipinski definition) is 1. The molecule has 0 saturated carbocycles. The van der Waals surface area contributed by atoms with Crippen molar-refractivity contribution in [3.63, 3.8) is 0 Å². The molecule has 0 spiro atoms. The molecule has 15 heavy (non-hydrogen) atoms. The zero-order valence-electron chi connectivity index (χ0n) is 8.99. The van der Waals surface area contributed by atoms with Crippen LogP contribution in [0.15, 0.2) is 28.7 Å². The van der Waals surface area contributed by atoms with Crippen LogP contribution in [0.25, 0.3) is 0 Å². The van der Waals surface area contributed by atoms with Crippen LogP contribution in [0.5, 0.6) is 0 Å². The van der Waals surface area contributed by atoms with Crippen LogP contribution in [0.3, 0.4) is 0 Å². The summed E-state index contributed by atoms with van der Waals surface area (Å²) in [6.45, 7) is 1.92. The quantitative estimate of drug-likeness (QED) is 0.893. The lowest BCUT2D eigenvalue weighted by Gasteiger charge is -2.25. The van der Waals surface area contributed by atoms with E-state index in [-0.39, 0.29) is 0 Å². The monoisotopic (exact) mass is 268 g/mol. The van der Waals surface area contributed by atoms with Crippen LogP contribution in [0.4, 0.5) is 0 Å². The molecule has 0 amide bonds. The summed E-state index contributed by atoms with van der Waals surface area (Å²) in [7, 11) is 2.18. The SMILES string of the molecule is CN1CCC(CN)C1c1ccccc1Br. The van der Waals surface area contributed by atoms with Gasteiger partial charge in [0.25, 0.3) is 0 Å². The average molecular weight is 269 g/mol. The number of nitrogens with zero attached hydrogens (tertiary/aromatic N) is 1. The number of benzene rings is 1. The van der Waals surface area contributed by atoms with Gasteiger partial charge in [0, 0.05) is 10.5 Å². The highest BCUT2D eigenvalue weighted by Crippen LogP contribution is 2.38. The van der Waals surface area contributed by atoms with Crippen molar-refractivity contribution in [2.24, 2.45) is 11.7 Å². The first-order valence-electron chi connectivity index (χ1n) is 5.38. The van der Waals surface area contributed by atoms with Crippen LogP contribution in [0.1, 0.15) is 18.0 Å². The van der Waals surface area contributed by atoms with E-state index in [1.165, 1.54) is 16.5 Å². The number of rotatable bonds is 2. The molecule has 1 heterocycles. The Balaban J connectivity index is 2.32. The molecule has 3 heteroatoms. The van der Waals surface area contributed by atoms with Gasteiger partial charge in [0.05, 0.1) is 0 Å². The summed E-state index contributed by atoms with van der Waals surface area (Å²) < 4.78 is 1.20. The van der Waals surface area contributed by atoms with Crippen molar-refractivity contribution >= 4 is 15.9 Å². The third-order valence-corrected chi connectivity index (χ3v) is 4.02. The minimum atomic E-state index is 0.477. The summed E-state index contributed by atoms with van der Waals surface area (Å²) in [5.74, 6) is 0.591. The van der Waals surface area contributed by atoms with Gasteiger partial charge in [-0.25, -0.2) is 0 Å². The molecule has 0 aliphatic carbocycles. The second kappa shape index (κ2) is 4.64. The summed E-state index contributed by atoms with van der Waals surface area (Å²) in [5.41, 5.74) is 7.20. The van der Waals surface area contributed by atoms with Crippen LogP contribution in [0.2, 0.25) is 0 Å². The predicted octanol–water partition coefficient (Wildman–Crippen LogP) is 2.40. The summed E-state index contributed by atoms with van der Waals surface area (Å²) in [6.07, 6.45) is 1.21. The van der Waals surface area contributed by atoms with Crippen LogP contribution >= 0.6 is 15.9 Å². The maximum atomic E-state index is 5.83. The third-order valence-electron chi connectivity index (χ3n) is 3.30. The van der Waals surface area contributed by atoms with Gasteiger partial charge in [0.2, 0.25) is 0 Å². The Bertz CT molecular complexity index is 340.